The number of benzene rings is 1. The van der Waals surface area contributed by atoms with Crippen LogP contribution in [0.25, 0.3) is 0 Å². The van der Waals surface area contributed by atoms with Gasteiger partial charge in [0.25, 0.3) is 0 Å². The van der Waals surface area contributed by atoms with E-state index in [1.807, 2.05) is 52.9 Å². The van der Waals surface area contributed by atoms with Crippen molar-refractivity contribution in [3.05, 3.63) is 86.9 Å². The van der Waals surface area contributed by atoms with E-state index in [1.54, 1.807) is 31.4 Å². The molecule has 10 radical (unpaired) electrons. The normalized spacial score (nSPS) is 19.2. The summed E-state index contributed by atoms with van der Waals surface area (Å²) in [5, 5.41) is 0.481. The van der Waals surface area contributed by atoms with Gasteiger partial charge in [0.15, 0.2) is 0 Å². The Balaban J connectivity index is 0.000000610. The largest absolute Gasteiger partial charge is 2.00 e. The van der Waals surface area contributed by atoms with Crippen molar-refractivity contribution < 1.29 is 34.4 Å². The molecule has 0 bridgehead atoms. The van der Waals surface area contributed by atoms with Crippen molar-refractivity contribution in [1.29, 1.82) is 0 Å². The van der Waals surface area contributed by atoms with Gasteiger partial charge in [-0.2, -0.15) is 0 Å². The van der Waals surface area contributed by atoms with E-state index in [0.29, 0.717) is 17.0 Å². The van der Waals surface area contributed by atoms with Gasteiger partial charge >= 0.3 is 17.1 Å². The molecule has 0 aliphatic heterocycles. The van der Waals surface area contributed by atoms with E-state index in [2.05, 4.69) is 4.72 Å². The van der Waals surface area contributed by atoms with Gasteiger partial charge in [-0.05, 0) is 96.4 Å². The SMILES string of the molecule is COc1ccc(S(=O)(=O)N[C]2[CH][CH][CH][C]2[S@](=O)C(C)(C)C)cc1.[CH]1[CH][CH][CH][CH]1.[Fe+2]. The summed E-state index contributed by atoms with van der Waals surface area (Å²) in [5.41, 5.74) is 0. The summed E-state index contributed by atoms with van der Waals surface area (Å²) in [6, 6.07) is 6.42. The van der Waals surface area contributed by atoms with Crippen molar-refractivity contribution in [2.45, 2.75) is 30.4 Å². The van der Waals surface area contributed by atoms with Crippen LogP contribution in [0.4, 0.5) is 0 Å². The number of hydrogen-bond acceptors (Lipinski definition) is 4. The zero-order valence-corrected chi connectivity index (χ0v) is 19.5. The van der Waals surface area contributed by atoms with Gasteiger partial charge in [-0.1, -0.05) is 0 Å². The first-order chi connectivity index (χ1) is 13.1. The monoisotopic (exact) mass is 475 g/mol. The molecule has 0 unspecified atom stereocenters. The Kier molecular flexibility index (Phi) is 10.9. The standard InChI is InChI=1S/C16H20NO4S2.C5H5.Fe/c1-16(2,3)22(18)15-7-5-6-14(15)17-23(19,20)13-10-8-12(21-4)9-11-13;1-2-4-5-3-1;/h5-11,17H,1-4H3;1-5H;/q;;+2/t22-;;/m0../s1. The second-order valence-corrected chi connectivity index (χ2v) is 10.8. The van der Waals surface area contributed by atoms with Gasteiger partial charge in [0.2, 0.25) is 10.0 Å². The summed E-state index contributed by atoms with van der Waals surface area (Å²) in [6.45, 7) is 5.54. The molecule has 1 aromatic carbocycles. The molecule has 0 saturated heterocycles. The minimum atomic E-state index is -3.75. The third kappa shape index (κ3) is 7.98. The number of ether oxygens (including phenoxy) is 1. The smallest absolute Gasteiger partial charge is 0.497 e. The number of hydrogen-bond donors (Lipinski definition) is 1. The van der Waals surface area contributed by atoms with Crippen molar-refractivity contribution >= 4 is 20.8 Å². The van der Waals surface area contributed by atoms with E-state index in [4.69, 9.17) is 4.74 Å². The predicted molar refractivity (Wildman–Crippen MR) is 112 cm³/mol. The second kappa shape index (κ2) is 11.8. The first kappa shape index (κ1) is 26.6. The van der Waals surface area contributed by atoms with E-state index >= 15 is 0 Å². The molecule has 2 saturated carbocycles. The molecule has 0 heterocycles. The summed E-state index contributed by atoms with van der Waals surface area (Å²) in [4.78, 5) is 0.118. The Morgan fingerprint density at radius 1 is 0.897 bits per heavy atom. The van der Waals surface area contributed by atoms with Crippen LogP contribution in [0, 0.1) is 62.7 Å². The zero-order valence-electron chi connectivity index (χ0n) is 16.7. The third-order valence-electron chi connectivity index (χ3n) is 3.70. The van der Waals surface area contributed by atoms with E-state index in [0.717, 1.165) is 0 Å². The van der Waals surface area contributed by atoms with Gasteiger partial charge in [-0.3, -0.25) is 4.21 Å². The van der Waals surface area contributed by atoms with Gasteiger partial charge in [-0.15, -0.1) is 0 Å². The number of methoxy groups -OCH3 is 1. The van der Waals surface area contributed by atoms with Crippen molar-refractivity contribution in [3.63, 3.8) is 0 Å². The molecule has 0 aromatic heterocycles. The van der Waals surface area contributed by atoms with Crippen molar-refractivity contribution in [3.8, 4) is 5.75 Å². The fourth-order valence-corrected chi connectivity index (χ4v) is 4.58. The van der Waals surface area contributed by atoms with E-state index in [1.165, 1.54) is 19.2 Å². The van der Waals surface area contributed by atoms with Crippen LogP contribution in [0.1, 0.15) is 20.8 Å². The van der Waals surface area contributed by atoms with Gasteiger partial charge in [-0.25, -0.2) is 13.1 Å². The minimum Gasteiger partial charge on any atom is -0.497 e. The molecule has 1 N–H and O–H groups in total. The number of rotatable bonds is 5. The molecular formula is C21H25FeNO4S2+2. The second-order valence-electron chi connectivity index (χ2n) is 6.93. The summed E-state index contributed by atoms with van der Waals surface area (Å²) in [5.74, 6) is 0.576. The Hall–Kier alpha value is -0.401. The topological polar surface area (TPSA) is 72.5 Å². The van der Waals surface area contributed by atoms with Gasteiger partial charge in [0, 0.05) is 15.5 Å². The van der Waals surface area contributed by atoms with Crippen LogP contribution in [0.2, 0.25) is 0 Å². The van der Waals surface area contributed by atoms with Crippen LogP contribution in [-0.4, -0.2) is 24.5 Å². The summed E-state index contributed by atoms with van der Waals surface area (Å²) < 4.78 is 44.5. The first-order valence-electron chi connectivity index (χ1n) is 8.66. The molecule has 2 aliphatic rings. The van der Waals surface area contributed by atoms with Gasteiger partial charge in [0.1, 0.15) is 5.75 Å². The fraction of sp³-hybridized carbons (Fsp3) is 0.238. The molecule has 2 aliphatic carbocycles. The molecule has 5 nitrogen and oxygen atoms in total. The van der Waals surface area contributed by atoms with Crippen LogP contribution in [0.5, 0.6) is 5.75 Å². The zero-order chi connectivity index (χ0) is 20.8. The van der Waals surface area contributed by atoms with E-state index < -0.39 is 25.6 Å². The van der Waals surface area contributed by atoms with E-state index in [9.17, 15) is 12.6 Å². The van der Waals surface area contributed by atoms with Crippen LogP contribution < -0.4 is 9.46 Å². The molecule has 156 valence electrons. The Bertz CT molecular complexity index is 733. The van der Waals surface area contributed by atoms with Crippen LogP contribution in [-0.2, 0) is 37.9 Å². The summed E-state index contributed by atoms with van der Waals surface area (Å²) >= 11 is 0. The summed E-state index contributed by atoms with van der Waals surface area (Å²) in [7, 11) is -3.56. The van der Waals surface area contributed by atoms with Crippen molar-refractivity contribution in [1.82, 2.24) is 4.72 Å². The van der Waals surface area contributed by atoms with Crippen LogP contribution >= 0.6 is 0 Å². The average molecular weight is 475 g/mol. The van der Waals surface area contributed by atoms with Crippen LogP contribution in [0.15, 0.2) is 29.2 Å². The molecule has 8 heteroatoms. The average Bonchev–Trinajstić information content (AvgIpc) is 3.35. The quantitative estimate of drug-likeness (QED) is 0.664. The van der Waals surface area contributed by atoms with Gasteiger partial charge < -0.3 is 4.74 Å². The third-order valence-corrected chi connectivity index (χ3v) is 6.95. The molecular weight excluding hydrogens is 450 g/mol. The molecule has 1 aromatic rings. The Labute approximate surface area is 189 Å². The van der Waals surface area contributed by atoms with E-state index in [-0.39, 0.29) is 22.0 Å². The van der Waals surface area contributed by atoms with Gasteiger partial charge in [0.05, 0.1) is 23.3 Å². The minimum absolute atomic E-state index is 0. The number of nitrogens with one attached hydrogen (secondary N) is 1. The molecule has 2 fully saturated rings. The maximum absolute atomic E-state index is 12.5. The van der Waals surface area contributed by atoms with Crippen molar-refractivity contribution in [2.24, 2.45) is 0 Å². The fourth-order valence-electron chi connectivity index (χ4n) is 2.26. The Morgan fingerprint density at radius 3 is 1.86 bits per heavy atom. The van der Waals surface area contributed by atoms with Crippen molar-refractivity contribution in [2.75, 3.05) is 7.11 Å². The molecule has 29 heavy (non-hydrogen) atoms. The maximum Gasteiger partial charge on any atom is 2.00 e. The molecule has 3 rings (SSSR count). The first-order valence-corrected chi connectivity index (χ1v) is 11.3. The predicted octanol–water partition coefficient (Wildman–Crippen LogP) is 3.23. The molecule has 0 amide bonds. The maximum atomic E-state index is 12.5. The number of sulfonamides is 1. The summed E-state index contributed by atoms with van der Waals surface area (Å²) in [6.07, 6.45) is 15.0. The molecule has 0 spiro atoms. The molecule has 1 atom stereocenters. The van der Waals surface area contributed by atoms with Crippen LogP contribution in [0.3, 0.4) is 0 Å². The Morgan fingerprint density at radius 2 is 1.41 bits per heavy atom.